The van der Waals surface area contributed by atoms with E-state index in [4.69, 9.17) is 9.47 Å². The molecule has 2 heterocycles. The molecule has 8 nitrogen and oxygen atoms in total. The van der Waals surface area contributed by atoms with Gasteiger partial charge in [0.15, 0.2) is 0 Å². The maximum atomic E-state index is 13.1. The number of imidazole rings is 1. The van der Waals surface area contributed by atoms with Gasteiger partial charge in [0.2, 0.25) is 0 Å². The summed E-state index contributed by atoms with van der Waals surface area (Å²) in [5, 5.41) is -1.28. The lowest BCUT2D eigenvalue weighted by molar-refractivity contribution is 0.164. The first-order chi connectivity index (χ1) is 14.9. The highest BCUT2D eigenvalue weighted by atomic mass is 32.2. The summed E-state index contributed by atoms with van der Waals surface area (Å²) in [4.78, 5) is 16.7. The second-order valence-electron chi connectivity index (χ2n) is 7.22. The monoisotopic (exact) mass is 441 g/mol. The predicted octanol–water partition coefficient (Wildman–Crippen LogP) is 3.52. The van der Waals surface area contributed by atoms with E-state index in [2.05, 4.69) is 4.98 Å². The number of rotatable bonds is 6. The molecule has 1 atom stereocenters. The lowest BCUT2D eigenvalue weighted by atomic mass is 10.2. The zero-order valence-corrected chi connectivity index (χ0v) is 17.9. The molecule has 2 aromatic carbocycles. The van der Waals surface area contributed by atoms with Gasteiger partial charge in [0.1, 0.15) is 24.3 Å². The number of para-hydroxylation sites is 2. The van der Waals surface area contributed by atoms with Crippen LogP contribution in [0.25, 0.3) is 0 Å². The molecule has 0 unspecified atom stereocenters. The van der Waals surface area contributed by atoms with Gasteiger partial charge in [0.05, 0.1) is 12.2 Å². The number of benzene rings is 2. The molecule has 31 heavy (non-hydrogen) atoms. The molecular weight excluding hydrogens is 418 g/mol. The number of sulfonamides is 1. The van der Waals surface area contributed by atoms with Crippen molar-refractivity contribution in [3.63, 3.8) is 0 Å². The third kappa shape index (κ3) is 4.56. The Hall–Kier alpha value is -3.33. The zero-order valence-electron chi connectivity index (χ0n) is 17.0. The lowest BCUT2D eigenvalue weighted by Gasteiger charge is -2.34. The van der Waals surface area contributed by atoms with Gasteiger partial charge >= 0.3 is 15.3 Å². The van der Waals surface area contributed by atoms with Gasteiger partial charge in [-0.3, -0.25) is 4.31 Å². The van der Waals surface area contributed by atoms with E-state index in [1.165, 1.54) is 0 Å². The van der Waals surface area contributed by atoms with Crippen molar-refractivity contribution >= 4 is 21.0 Å². The Balaban J connectivity index is 1.51. The van der Waals surface area contributed by atoms with Gasteiger partial charge in [-0.2, -0.15) is 8.42 Å². The van der Waals surface area contributed by atoms with Crippen LogP contribution in [0, 0.1) is 6.92 Å². The maximum Gasteiger partial charge on any atom is 0.445 e. The van der Waals surface area contributed by atoms with Gasteiger partial charge in [0, 0.05) is 25.4 Å². The summed E-state index contributed by atoms with van der Waals surface area (Å²) >= 11 is 0. The van der Waals surface area contributed by atoms with Crippen LogP contribution in [0.15, 0.2) is 67.0 Å². The van der Waals surface area contributed by atoms with Crippen molar-refractivity contribution in [2.45, 2.75) is 32.6 Å². The highest BCUT2D eigenvalue weighted by Gasteiger charge is 2.39. The molecule has 0 radical (unpaired) electrons. The molecule has 1 aliphatic heterocycles. The molecule has 0 N–H and O–H groups in total. The summed E-state index contributed by atoms with van der Waals surface area (Å²) < 4.78 is 40.3. The minimum Gasteiger partial charge on any atom is -0.486 e. The minimum atomic E-state index is -4.39. The number of carbonyl (C=O) groups is 1. The van der Waals surface area contributed by atoms with Crippen LogP contribution in [-0.2, 0) is 27.9 Å². The van der Waals surface area contributed by atoms with E-state index in [1.807, 2.05) is 23.8 Å². The summed E-state index contributed by atoms with van der Waals surface area (Å²) in [6.45, 7) is 2.42. The molecule has 0 aliphatic carbocycles. The van der Waals surface area contributed by atoms with Gasteiger partial charge in [-0.05, 0) is 24.6 Å². The first-order valence-corrected chi connectivity index (χ1v) is 11.4. The van der Waals surface area contributed by atoms with Gasteiger partial charge in [-0.25, -0.2) is 9.78 Å². The van der Waals surface area contributed by atoms with Crippen molar-refractivity contribution in [1.82, 2.24) is 9.55 Å². The Morgan fingerprint density at radius 1 is 1.16 bits per heavy atom. The molecular formula is C22H23N3O5S. The number of fused-ring (bicyclic) bond motifs is 1. The van der Waals surface area contributed by atoms with E-state index in [0.717, 1.165) is 10.1 Å². The average Bonchev–Trinajstić information content (AvgIpc) is 3.20. The first-order valence-electron chi connectivity index (χ1n) is 9.92. The van der Waals surface area contributed by atoms with Gasteiger partial charge in [0.25, 0.3) is 0 Å². The number of anilines is 1. The third-order valence-corrected chi connectivity index (χ3v) is 6.58. The second-order valence-corrected chi connectivity index (χ2v) is 8.95. The van der Waals surface area contributed by atoms with E-state index < -0.39 is 21.4 Å². The van der Waals surface area contributed by atoms with Crippen LogP contribution in [-0.4, -0.2) is 35.9 Å². The SMILES string of the molecule is Cc1nccn1CC[C@H]1CN(S(=O)(=O)C(=O)OCc2ccccc2)c2ccccc2O1. The number of aryl methyl sites for hydroxylation is 2. The van der Waals surface area contributed by atoms with Crippen molar-refractivity contribution in [2.24, 2.45) is 0 Å². The first kappa shape index (κ1) is 20.9. The minimum absolute atomic E-state index is 0.0214. The Kier molecular flexibility index (Phi) is 5.94. The van der Waals surface area contributed by atoms with E-state index >= 15 is 0 Å². The van der Waals surface area contributed by atoms with Crippen molar-refractivity contribution in [3.8, 4) is 5.75 Å². The molecule has 1 aromatic heterocycles. The predicted molar refractivity (Wildman–Crippen MR) is 115 cm³/mol. The standard InChI is InChI=1S/C22H23N3O5S/c1-17-23-12-14-24(17)13-11-19-15-25(20-9-5-6-10-21(20)30-19)31(27,28)22(26)29-16-18-7-3-2-4-8-18/h2-10,12,14,19H,11,13,15-16H2,1H3/t19-/m0/s1. The highest BCUT2D eigenvalue weighted by molar-refractivity contribution is 8.06. The van der Waals surface area contributed by atoms with Crippen molar-refractivity contribution in [3.05, 3.63) is 78.4 Å². The summed E-state index contributed by atoms with van der Waals surface area (Å²) in [5.74, 6) is 1.28. The van der Waals surface area contributed by atoms with Crippen LogP contribution in [0.1, 0.15) is 17.8 Å². The molecule has 0 fully saturated rings. The largest absolute Gasteiger partial charge is 0.486 e. The van der Waals surface area contributed by atoms with E-state index in [0.29, 0.717) is 30.0 Å². The van der Waals surface area contributed by atoms with Crippen LogP contribution in [0.2, 0.25) is 0 Å². The molecule has 162 valence electrons. The van der Waals surface area contributed by atoms with E-state index in [1.54, 1.807) is 54.7 Å². The topological polar surface area (TPSA) is 90.7 Å². The van der Waals surface area contributed by atoms with Crippen molar-refractivity contribution in [1.29, 1.82) is 0 Å². The normalized spacial score (nSPS) is 15.8. The molecule has 4 rings (SSSR count). The Labute approximate surface area is 181 Å². The number of nitrogens with zero attached hydrogens (tertiary/aromatic N) is 3. The maximum absolute atomic E-state index is 13.1. The zero-order chi connectivity index (χ0) is 21.8. The molecule has 0 spiro atoms. The fourth-order valence-electron chi connectivity index (χ4n) is 3.44. The molecule has 1 aliphatic rings. The molecule has 0 bridgehead atoms. The number of hydrogen-bond acceptors (Lipinski definition) is 6. The van der Waals surface area contributed by atoms with Crippen LogP contribution in [0.4, 0.5) is 10.5 Å². The van der Waals surface area contributed by atoms with Crippen LogP contribution < -0.4 is 9.04 Å². The smallest absolute Gasteiger partial charge is 0.445 e. The Morgan fingerprint density at radius 2 is 1.90 bits per heavy atom. The quantitative estimate of drug-likeness (QED) is 0.544. The molecule has 9 heteroatoms. The highest BCUT2D eigenvalue weighted by Crippen LogP contribution is 2.36. The van der Waals surface area contributed by atoms with Gasteiger partial charge in [-0.1, -0.05) is 42.5 Å². The fraction of sp³-hybridized carbons (Fsp3) is 0.273. The van der Waals surface area contributed by atoms with Crippen LogP contribution >= 0.6 is 0 Å². The van der Waals surface area contributed by atoms with Crippen LogP contribution in [0.5, 0.6) is 5.75 Å². The molecule has 3 aromatic rings. The van der Waals surface area contributed by atoms with E-state index in [-0.39, 0.29) is 13.2 Å². The van der Waals surface area contributed by atoms with Gasteiger partial charge in [-0.15, -0.1) is 0 Å². The molecule has 0 saturated carbocycles. The summed E-state index contributed by atoms with van der Waals surface area (Å²) in [7, 11) is -4.39. The summed E-state index contributed by atoms with van der Waals surface area (Å²) in [5.41, 5.74) is 1.04. The third-order valence-electron chi connectivity index (χ3n) is 5.11. The number of aromatic nitrogens is 2. The summed E-state index contributed by atoms with van der Waals surface area (Å²) in [6.07, 6.45) is 3.71. The van der Waals surface area contributed by atoms with Crippen LogP contribution in [0.3, 0.4) is 0 Å². The fourth-order valence-corrected chi connectivity index (χ4v) is 4.60. The van der Waals surface area contributed by atoms with E-state index in [9.17, 15) is 13.2 Å². The van der Waals surface area contributed by atoms with Gasteiger partial charge < -0.3 is 14.0 Å². The van der Waals surface area contributed by atoms with Crippen molar-refractivity contribution < 1.29 is 22.7 Å². The Morgan fingerprint density at radius 3 is 2.65 bits per heavy atom. The number of ether oxygens (including phenoxy) is 2. The molecule has 0 saturated heterocycles. The Bertz CT molecular complexity index is 1160. The van der Waals surface area contributed by atoms with Crippen molar-refractivity contribution in [2.75, 3.05) is 10.8 Å². The number of carbonyl (C=O) groups excluding carboxylic acids is 1. The lowest BCUT2D eigenvalue weighted by Crippen LogP contribution is -2.46. The molecule has 0 amide bonds. The summed E-state index contributed by atoms with van der Waals surface area (Å²) in [6, 6.07) is 15.7. The number of hydrogen-bond donors (Lipinski definition) is 0. The second kappa shape index (κ2) is 8.81. The average molecular weight is 442 g/mol.